The van der Waals surface area contributed by atoms with Crippen molar-refractivity contribution in [3.8, 4) is 139 Å². The minimum atomic E-state index is -0.103. The quantitative estimate of drug-likeness (QED) is 0.163. The van der Waals surface area contributed by atoms with Crippen LogP contribution in [-0.2, 0) is 16.2 Å². The van der Waals surface area contributed by atoms with Gasteiger partial charge in [-0.25, -0.2) is 0 Å². The van der Waals surface area contributed by atoms with Crippen molar-refractivity contribution < 1.29 is 0 Å². The van der Waals surface area contributed by atoms with E-state index in [1.54, 1.807) is 0 Å². The molecule has 0 N–H and O–H groups in total. The third-order valence-corrected chi connectivity index (χ3v) is 32.8. The summed E-state index contributed by atoms with van der Waals surface area (Å²) in [4.78, 5) is 0. The van der Waals surface area contributed by atoms with Crippen LogP contribution in [-0.4, -0.2) is 13.7 Å². The van der Waals surface area contributed by atoms with Gasteiger partial charge in [0, 0.05) is 65.3 Å². The molecule has 0 spiro atoms. The summed E-state index contributed by atoms with van der Waals surface area (Å²) in [6.45, 7) is 14.3. The molecule has 23 aromatic carbocycles. The van der Waals surface area contributed by atoms with Crippen LogP contribution in [0, 0.1) is 0 Å². The highest BCUT2D eigenvalue weighted by Gasteiger charge is 2.42. The predicted octanol–water partition coefficient (Wildman–Crippen LogP) is 36.5. The highest BCUT2D eigenvalue weighted by molar-refractivity contribution is 6.24. The molecule has 0 atom stereocenters. The van der Waals surface area contributed by atoms with Crippen molar-refractivity contribution in [2.24, 2.45) is 0 Å². The van der Waals surface area contributed by atoms with Gasteiger partial charge in [-0.2, -0.15) is 0 Å². The number of fused-ring (bicyclic) bond motifs is 33. The molecule has 0 bridgehead atoms. The molecular weight excluding hydrogens is 1660 g/mol. The van der Waals surface area contributed by atoms with Crippen LogP contribution in [0.2, 0.25) is 0 Å². The van der Waals surface area contributed by atoms with Gasteiger partial charge in [0.1, 0.15) is 0 Å². The van der Waals surface area contributed by atoms with E-state index in [0.29, 0.717) is 0 Å². The Bertz CT molecular complexity index is 9910. The molecule has 6 aliphatic carbocycles. The van der Waals surface area contributed by atoms with Crippen molar-refractivity contribution in [1.82, 2.24) is 13.7 Å². The molecule has 3 heteroatoms. The molecule has 0 aliphatic heterocycles. The van der Waals surface area contributed by atoms with E-state index >= 15 is 0 Å². The van der Waals surface area contributed by atoms with Crippen molar-refractivity contribution in [3.05, 3.63) is 464 Å². The number of hydrogen-bond acceptors (Lipinski definition) is 0. The largest absolute Gasteiger partial charge is 0.309 e. The number of benzene rings is 23. The zero-order valence-corrected chi connectivity index (χ0v) is 77.3. The van der Waals surface area contributed by atoms with E-state index in [4.69, 9.17) is 0 Å². The predicted molar refractivity (Wildman–Crippen MR) is 584 cm³/mol. The molecular formula is C135H89N3. The van der Waals surface area contributed by atoms with Gasteiger partial charge in [0.2, 0.25) is 0 Å². The van der Waals surface area contributed by atoms with Gasteiger partial charge in [0.25, 0.3) is 0 Å². The smallest absolute Gasteiger partial charge is 0.0544 e. The summed E-state index contributed by atoms with van der Waals surface area (Å²) in [5, 5.41) is 23.7. The van der Waals surface area contributed by atoms with E-state index in [1.807, 2.05) is 0 Å². The Morgan fingerprint density at radius 3 is 0.862 bits per heavy atom. The van der Waals surface area contributed by atoms with E-state index in [9.17, 15) is 0 Å². The molecule has 0 fully saturated rings. The standard InChI is InChI=1S/2C47H31N.C41H27N/c1-47(2)41-24-21-28-11-3-4-14-32(28)46(41)40-26-39-35-17-7-8-20-43(35)48(44(39)27-42(40)47)30-13-9-12-29(25-30)31-22-23-38-34-16-6-5-15-33(34)37-19-10-18-36(31)45(37)38;1-47(2)41-25-20-28-10-3-4-11-32(28)46(41)40-26-39-35-14-7-8-17-43(35)48(44(39)27-42(40)47)30-21-18-29(19-22-30)31-23-24-38-34-13-6-5-12-33(34)37-16-9-15-36(31)45(37)38;1-41(2)34-20-18-24-10-3-4-11-25(24)40(34)33-22-32-28-14-7-8-17-36(28)42(38(32)23-35(33)41)37-21-19-30-27-13-6-5-12-26(27)29-15-9-16-31(37)39(29)30/h2*3-27H,1-2H3;3-23H,1-2H3. The second-order valence-electron chi connectivity index (χ2n) is 40.7. The van der Waals surface area contributed by atoms with E-state index in [2.05, 4.69) is 486 Å². The van der Waals surface area contributed by atoms with Crippen molar-refractivity contribution in [3.63, 3.8) is 0 Å². The fourth-order valence-corrected chi connectivity index (χ4v) is 26.4. The first-order chi connectivity index (χ1) is 67.8. The van der Waals surface area contributed by atoms with Crippen molar-refractivity contribution in [2.75, 3.05) is 0 Å². The molecule has 3 aromatic heterocycles. The molecule has 0 unspecified atom stereocenters. The van der Waals surface area contributed by atoms with Gasteiger partial charge in [-0.3, -0.25) is 0 Å². The molecule has 32 rings (SSSR count). The summed E-state index contributed by atoms with van der Waals surface area (Å²) >= 11 is 0. The Labute approximate surface area is 799 Å². The van der Waals surface area contributed by atoms with Gasteiger partial charge in [0.15, 0.2) is 0 Å². The third-order valence-electron chi connectivity index (χ3n) is 32.8. The van der Waals surface area contributed by atoms with Crippen LogP contribution < -0.4 is 0 Å². The molecule has 0 saturated carbocycles. The minimum Gasteiger partial charge on any atom is -0.309 e. The summed E-state index contributed by atoms with van der Waals surface area (Å²) < 4.78 is 7.48. The zero-order valence-electron chi connectivity index (χ0n) is 77.3. The van der Waals surface area contributed by atoms with E-state index in [-0.39, 0.29) is 16.2 Å². The minimum absolute atomic E-state index is 0.0895. The lowest BCUT2D eigenvalue weighted by Crippen LogP contribution is -2.15. The Kier molecular flexibility index (Phi) is 15.8. The molecule has 0 amide bonds. The Hall–Kier alpha value is -17.0. The van der Waals surface area contributed by atoms with E-state index < -0.39 is 0 Å². The maximum atomic E-state index is 2.52. The van der Waals surface area contributed by atoms with Gasteiger partial charge in [-0.1, -0.05) is 387 Å². The fourth-order valence-electron chi connectivity index (χ4n) is 26.4. The van der Waals surface area contributed by atoms with Crippen LogP contribution >= 0.6 is 0 Å². The molecule has 26 aromatic rings. The van der Waals surface area contributed by atoms with Crippen LogP contribution in [0.3, 0.4) is 0 Å². The van der Waals surface area contributed by atoms with Crippen molar-refractivity contribution >= 4 is 130 Å². The first-order valence-corrected chi connectivity index (χ1v) is 48.8. The molecule has 0 saturated heterocycles. The van der Waals surface area contributed by atoms with Crippen LogP contribution in [0.4, 0.5) is 0 Å². The molecule has 644 valence electrons. The maximum Gasteiger partial charge on any atom is 0.0544 e. The number of aromatic nitrogens is 3. The highest BCUT2D eigenvalue weighted by Crippen LogP contribution is 2.60. The first kappa shape index (κ1) is 77.5. The summed E-state index contributed by atoms with van der Waals surface area (Å²) in [5.74, 6) is 0. The van der Waals surface area contributed by atoms with Crippen LogP contribution in [0.25, 0.3) is 270 Å². The summed E-state index contributed by atoms with van der Waals surface area (Å²) in [6, 6.07) is 161. The van der Waals surface area contributed by atoms with Crippen LogP contribution in [0.1, 0.15) is 74.9 Å². The third kappa shape index (κ3) is 10.5. The SMILES string of the molecule is CC1(C)c2cc3c(cc2-c2c1ccc1ccccc21)c1ccccc1n3-c1ccc(-c2ccc3c4c(cccc24)-c2ccccc2-3)cc1.CC1(C)c2cc3c(cc2-c2c1ccc1ccccc21)c1ccccc1n3-c1ccc2c3c(cccc13)-c1ccccc1-2.CC1(C)c2cc3c(cc2-c2c1ccc1ccccc21)c1ccccc1n3-c1cccc(-c2ccc3c4c(cccc24)-c2ccccc2-3)c1. The summed E-state index contributed by atoms with van der Waals surface area (Å²) in [7, 11) is 0. The van der Waals surface area contributed by atoms with Crippen LogP contribution in [0.15, 0.2) is 431 Å². The average molecular weight is 1750 g/mol. The van der Waals surface area contributed by atoms with Crippen LogP contribution in [0.5, 0.6) is 0 Å². The summed E-state index contributed by atoms with van der Waals surface area (Å²) in [5.41, 5.74) is 48.6. The fraction of sp³-hybridized carbons (Fsp3) is 0.0667. The first-order valence-electron chi connectivity index (χ1n) is 48.8. The Morgan fingerprint density at radius 2 is 0.449 bits per heavy atom. The van der Waals surface area contributed by atoms with E-state index in [0.717, 1.165) is 0 Å². The number of hydrogen-bond donors (Lipinski definition) is 0. The van der Waals surface area contributed by atoms with Gasteiger partial charge in [-0.05, 0) is 300 Å². The number of para-hydroxylation sites is 3. The molecule has 6 aliphatic rings. The molecule has 3 heterocycles. The second kappa shape index (κ2) is 28.1. The lowest BCUT2D eigenvalue weighted by Gasteiger charge is -2.22. The zero-order chi connectivity index (χ0) is 91.2. The van der Waals surface area contributed by atoms with Gasteiger partial charge < -0.3 is 13.7 Å². The van der Waals surface area contributed by atoms with Crippen molar-refractivity contribution in [1.29, 1.82) is 0 Å². The maximum absolute atomic E-state index is 2.52. The van der Waals surface area contributed by atoms with Gasteiger partial charge in [0.05, 0.1) is 38.8 Å². The van der Waals surface area contributed by atoms with Gasteiger partial charge >= 0.3 is 0 Å². The molecule has 3 nitrogen and oxygen atoms in total. The van der Waals surface area contributed by atoms with Crippen molar-refractivity contribution in [2.45, 2.75) is 57.8 Å². The second-order valence-corrected chi connectivity index (χ2v) is 40.7. The topological polar surface area (TPSA) is 14.8 Å². The lowest BCUT2D eigenvalue weighted by molar-refractivity contribution is 0.661. The molecule has 0 radical (unpaired) electrons. The Morgan fingerprint density at radius 1 is 0.152 bits per heavy atom. The monoisotopic (exact) mass is 1750 g/mol. The summed E-state index contributed by atoms with van der Waals surface area (Å²) in [6.07, 6.45) is 0. The highest BCUT2D eigenvalue weighted by atomic mass is 15.0. The number of nitrogens with zero attached hydrogens (tertiary/aromatic N) is 3. The normalized spacial score (nSPS) is 13.9. The van der Waals surface area contributed by atoms with Gasteiger partial charge in [-0.15, -0.1) is 0 Å². The van der Waals surface area contributed by atoms with E-state index in [1.165, 1.54) is 303 Å². The molecule has 138 heavy (non-hydrogen) atoms. The average Bonchev–Trinajstić information content (AvgIpc) is 1.54. The Balaban J connectivity index is 0.0000000981. The lowest BCUT2D eigenvalue weighted by atomic mass is 9.82. The number of rotatable bonds is 5.